The molecule has 1 amide bonds. The van der Waals surface area contributed by atoms with Gasteiger partial charge in [-0.1, -0.05) is 11.6 Å². The Kier molecular flexibility index (Phi) is 3.68. The topological polar surface area (TPSA) is 101 Å². The van der Waals surface area contributed by atoms with E-state index in [1.807, 2.05) is 0 Å². The predicted octanol–water partition coefficient (Wildman–Crippen LogP) is 0.349. The van der Waals surface area contributed by atoms with Crippen LogP contribution in [0.2, 0.25) is 5.15 Å². The SMILES string of the molecule is CC1(C(=O)O)COCC1NC(=O)c1cncc(Cl)n1. The highest BCUT2D eigenvalue weighted by Crippen LogP contribution is 2.28. The molecular formula is C11H12ClN3O4. The van der Waals surface area contributed by atoms with Crippen molar-refractivity contribution in [1.29, 1.82) is 0 Å². The summed E-state index contributed by atoms with van der Waals surface area (Å²) >= 11 is 5.64. The van der Waals surface area contributed by atoms with Crippen molar-refractivity contribution < 1.29 is 19.4 Å². The third-order valence-electron chi connectivity index (χ3n) is 3.09. The minimum Gasteiger partial charge on any atom is -0.481 e. The summed E-state index contributed by atoms with van der Waals surface area (Å²) in [5.74, 6) is -1.55. The number of aliphatic carboxylic acids is 1. The first-order valence-corrected chi connectivity index (χ1v) is 5.91. The summed E-state index contributed by atoms with van der Waals surface area (Å²) in [4.78, 5) is 30.7. The van der Waals surface area contributed by atoms with Gasteiger partial charge < -0.3 is 15.2 Å². The normalized spacial score (nSPS) is 26.1. The molecule has 2 atom stereocenters. The molecule has 2 rings (SSSR count). The third-order valence-corrected chi connectivity index (χ3v) is 3.27. The molecule has 0 aliphatic carbocycles. The zero-order chi connectivity index (χ0) is 14.0. The number of amides is 1. The maximum Gasteiger partial charge on any atom is 0.313 e. The molecule has 0 bridgehead atoms. The molecule has 8 heteroatoms. The molecular weight excluding hydrogens is 274 g/mol. The summed E-state index contributed by atoms with van der Waals surface area (Å²) in [6, 6.07) is -0.627. The number of carboxylic acid groups (broad SMARTS) is 1. The first-order valence-electron chi connectivity index (χ1n) is 5.53. The van der Waals surface area contributed by atoms with Crippen molar-refractivity contribution in [3.05, 3.63) is 23.2 Å². The molecule has 1 aliphatic rings. The van der Waals surface area contributed by atoms with Crippen LogP contribution >= 0.6 is 11.6 Å². The molecule has 2 N–H and O–H groups in total. The van der Waals surface area contributed by atoms with Gasteiger partial charge in [0.2, 0.25) is 0 Å². The summed E-state index contributed by atoms with van der Waals surface area (Å²) in [6.45, 7) is 1.72. The molecule has 2 heterocycles. The van der Waals surface area contributed by atoms with E-state index < -0.39 is 23.3 Å². The fourth-order valence-corrected chi connectivity index (χ4v) is 1.92. The molecule has 1 aromatic rings. The smallest absolute Gasteiger partial charge is 0.313 e. The zero-order valence-corrected chi connectivity index (χ0v) is 10.8. The van der Waals surface area contributed by atoms with Crippen molar-refractivity contribution in [3.63, 3.8) is 0 Å². The van der Waals surface area contributed by atoms with Crippen LogP contribution in [0.25, 0.3) is 0 Å². The number of carboxylic acids is 1. The van der Waals surface area contributed by atoms with Gasteiger partial charge in [0.05, 0.1) is 31.6 Å². The first kappa shape index (κ1) is 13.7. The van der Waals surface area contributed by atoms with Crippen molar-refractivity contribution in [1.82, 2.24) is 15.3 Å². The van der Waals surface area contributed by atoms with E-state index in [0.29, 0.717) is 0 Å². The van der Waals surface area contributed by atoms with Crippen LogP contribution in [0.3, 0.4) is 0 Å². The maximum absolute atomic E-state index is 11.9. The van der Waals surface area contributed by atoms with Gasteiger partial charge in [0.25, 0.3) is 5.91 Å². The Hall–Kier alpha value is -1.73. The van der Waals surface area contributed by atoms with Crippen molar-refractivity contribution in [2.75, 3.05) is 13.2 Å². The first-order chi connectivity index (χ1) is 8.93. The van der Waals surface area contributed by atoms with E-state index in [-0.39, 0.29) is 24.1 Å². The number of aromatic nitrogens is 2. The van der Waals surface area contributed by atoms with E-state index >= 15 is 0 Å². The molecule has 1 aromatic heterocycles. The average Bonchev–Trinajstić information content (AvgIpc) is 2.72. The molecule has 19 heavy (non-hydrogen) atoms. The number of carbonyl (C=O) groups is 2. The van der Waals surface area contributed by atoms with Crippen LogP contribution in [-0.2, 0) is 9.53 Å². The number of carbonyl (C=O) groups excluding carboxylic acids is 1. The van der Waals surface area contributed by atoms with Gasteiger partial charge in [0.15, 0.2) is 0 Å². The molecule has 0 saturated carbocycles. The second kappa shape index (κ2) is 5.10. The highest BCUT2D eigenvalue weighted by atomic mass is 35.5. The van der Waals surface area contributed by atoms with E-state index in [4.69, 9.17) is 16.3 Å². The second-order valence-corrected chi connectivity index (χ2v) is 4.88. The van der Waals surface area contributed by atoms with E-state index in [1.165, 1.54) is 19.3 Å². The lowest BCUT2D eigenvalue weighted by Crippen LogP contribution is -2.49. The lowest BCUT2D eigenvalue weighted by atomic mass is 9.85. The van der Waals surface area contributed by atoms with Crippen molar-refractivity contribution in [2.45, 2.75) is 13.0 Å². The minimum absolute atomic E-state index is 0.0344. The highest BCUT2D eigenvalue weighted by Gasteiger charge is 2.47. The van der Waals surface area contributed by atoms with Gasteiger partial charge in [-0.15, -0.1) is 0 Å². The van der Waals surface area contributed by atoms with Crippen LogP contribution in [-0.4, -0.2) is 46.2 Å². The molecule has 7 nitrogen and oxygen atoms in total. The molecule has 1 fully saturated rings. The van der Waals surface area contributed by atoms with Crippen molar-refractivity contribution in [3.8, 4) is 0 Å². The van der Waals surface area contributed by atoms with E-state index in [1.54, 1.807) is 0 Å². The predicted molar refractivity (Wildman–Crippen MR) is 64.9 cm³/mol. The number of halogens is 1. The fraction of sp³-hybridized carbons (Fsp3) is 0.455. The largest absolute Gasteiger partial charge is 0.481 e. The highest BCUT2D eigenvalue weighted by molar-refractivity contribution is 6.29. The summed E-state index contributed by atoms with van der Waals surface area (Å²) in [7, 11) is 0. The second-order valence-electron chi connectivity index (χ2n) is 4.49. The summed E-state index contributed by atoms with van der Waals surface area (Å²) < 4.78 is 5.14. The Morgan fingerprint density at radius 2 is 2.32 bits per heavy atom. The van der Waals surface area contributed by atoms with Gasteiger partial charge in [-0.25, -0.2) is 4.98 Å². The summed E-state index contributed by atoms with van der Waals surface area (Å²) in [6.07, 6.45) is 2.56. The Morgan fingerprint density at radius 1 is 1.58 bits per heavy atom. The van der Waals surface area contributed by atoms with Crippen LogP contribution in [0.5, 0.6) is 0 Å². The van der Waals surface area contributed by atoms with Gasteiger partial charge in [-0.3, -0.25) is 14.6 Å². The fourth-order valence-electron chi connectivity index (χ4n) is 1.77. The Bertz CT molecular complexity index is 524. The zero-order valence-electron chi connectivity index (χ0n) is 10.1. The van der Waals surface area contributed by atoms with Crippen LogP contribution in [0.1, 0.15) is 17.4 Å². The van der Waals surface area contributed by atoms with Crippen LogP contribution in [0.15, 0.2) is 12.4 Å². The third kappa shape index (κ3) is 2.66. The lowest BCUT2D eigenvalue weighted by Gasteiger charge is -2.25. The van der Waals surface area contributed by atoms with Gasteiger partial charge in [0, 0.05) is 0 Å². The summed E-state index contributed by atoms with van der Waals surface area (Å²) in [5, 5.41) is 11.9. The molecule has 2 unspecified atom stereocenters. The molecule has 0 spiro atoms. The summed E-state index contributed by atoms with van der Waals surface area (Å²) in [5.41, 5.74) is -1.12. The quantitative estimate of drug-likeness (QED) is 0.831. The van der Waals surface area contributed by atoms with Crippen LogP contribution in [0.4, 0.5) is 0 Å². The Labute approximate surface area is 114 Å². The van der Waals surface area contributed by atoms with E-state index in [9.17, 15) is 14.7 Å². The number of ether oxygens (including phenoxy) is 1. The number of hydrogen-bond acceptors (Lipinski definition) is 5. The molecule has 0 aromatic carbocycles. The van der Waals surface area contributed by atoms with Crippen molar-refractivity contribution >= 4 is 23.5 Å². The van der Waals surface area contributed by atoms with Gasteiger partial charge in [-0.2, -0.15) is 0 Å². The average molecular weight is 286 g/mol. The maximum atomic E-state index is 11.9. The van der Waals surface area contributed by atoms with E-state index in [0.717, 1.165) is 0 Å². The number of rotatable bonds is 3. The van der Waals surface area contributed by atoms with E-state index in [2.05, 4.69) is 15.3 Å². The van der Waals surface area contributed by atoms with Gasteiger partial charge >= 0.3 is 5.97 Å². The molecule has 1 saturated heterocycles. The Morgan fingerprint density at radius 3 is 2.95 bits per heavy atom. The number of nitrogens with one attached hydrogen (secondary N) is 1. The number of nitrogens with zero attached hydrogens (tertiary/aromatic N) is 2. The standard InChI is InChI=1S/C11H12ClN3O4/c1-11(10(17)18)5-19-4-7(11)15-9(16)6-2-13-3-8(12)14-6/h2-3,7H,4-5H2,1H3,(H,15,16)(H,17,18). The molecule has 102 valence electrons. The molecule has 1 aliphatic heterocycles. The number of hydrogen-bond donors (Lipinski definition) is 2. The monoisotopic (exact) mass is 285 g/mol. The van der Waals surface area contributed by atoms with Crippen LogP contribution in [0, 0.1) is 5.41 Å². The van der Waals surface area contributed by atoms with Crippen molar-refractivity contribution in [2.24, 2.45) is 5.41 Å². The van der Waals surface area contributed by atoms with Gasteiger partial charge in [-0.05, 0) is 6.92 Å². The van der Waals surface area contributed by atoms with Crippen LogP contribution < -0.4 is 5.32 Å². The lowest BCUT2D eigenvalue weighted by molar-refractivity contribution is -0.148. The molecule has 0 radical (unpaired) electrons. The van der Waals surface area contributed by atoms with Gasteiger partial charge in [0.1, 0.15) is 16.3 Å². The Balaban J connectivity index is 2.13. The minimum atomic E-state index is -1.15.